The SMILES string of the molecule is CS(=O)(=O)c1ncc(C(=O)NC2C3CC4CC2CC(O)(C4)C3)c(C2CCC2)n1. The van der Waals surface area contributed by atoms with Crippen LogP contribution in [0.15, 0.2) is 11.4 Å². The van der Waals surface area contributed by atoms with Crippen LogP contribution in [0.2, 0.25) is 0 Å². The third-order valence-electron chi connectivity index (χ3n) is 7.40. The van der Waals surface area contributed by atoms with E-state index in [1.54, 1.807) is 0 Å². The van der Waals surface area contributed by atoms with Gasteiger partial charge in [0.15, 0.2) is 0 Å². The lowest BCUT2D eigenvalue weighted by molar-refractivity contribution is -0.136. The zero-order valence-corrected chi connectivity index (χ0v) is 16.9. The van der Waals surface area contributed by atoms with Crippen LogP contribution in [0.4, 0.5) is 0 Å². The number of amides is 1. The molecule has 8 heteroatoms. The number of aliphatic hydroxyl groups is 1. The summed E-state index contributed by atoms with van der Waals surface area (Å²) in [4.78, 5) is 21.4. The normalized spacial score (nSPS) is 36.9. The summed E-state index contributed by atoms with van der Waals surface area (Å²) in [6.45, 7) is 0. The molecule has 0 aliphatic heterocycles. The van der Waals surface area contributed by atoms with Crippen LogP contribution in [0.5, 0.6) is 0 Å². The Kier molecular flexibility index (Phi) is 4.11. The molecule has 5 fully saturated rings. The molecule has 5 aliphatic carbocycles. The molecule has 0 saturated heterocycles. The van der Waals surface area contributed by atoms with Gasteiger partial charge in [0.25, 0.3) is 5.91 Å². The molecule has 0 spiro atoms. The third kappa shape index (κ3) is 3.05. The van der Waals surface area contributed by atoms with Crippen molar-refractivity contribution in [2.75, 3.05) is 6.26 Å². The minimum atomic E-state index is -3.51. The van der Waals surface area contributed by atoms with E-state index < -0.39 is 15.4 Å². The number of hydrogen-bond donors (Lipinski definition) is 2. The molecule has 6 rings (SSSR count). The first-order valence-electron chi connectivity index (χ1n) is 10.3. The van der Waals surface area contributed by atoms with Crippen LogP contribution < -0.4 is 5.32 Å². The van der Waals surface area contributed by atoms with E-state index in [4.69, 9.17) is 0 Å². The predicted octanol–water partition coefficient (Wildman–Crippen LogP) is 1.82. The van der Waals surface area contributed by atoms with Crippen molar-refractivity contribution in [3.05, 3.63) is 17.5 Å². The fourth-order valence-corrected chi connectivity index (χ4v) is 6.68. The molecule has 152 valence electrons. The first kappa shape index (κ1) is 18.5. The molecule has 2 N–H and O–H groups in total. The van der Waals surface area contributed by atoms with Crippen LogP contribution in [0.1, 0.15) is 73.3 Å². The van der Waals surface area contributed by atoms with Gasteiger partial charge in [-0.3, -0.25) is 4.79 Å². The summed E-state index contributed by atoms with van der Waals surface area (Å²) in [7, 11) is -3.51. The minimum absolute atomic E-state index is 0.0770. The van der Waals surface area contributed by atoms with E-state index in [0.717, 1.165) is 57.6 Å². The molecule has 28 heavy (non-hydrogen) atoms. The number of hydrogen-bond acceptors (Lipinski definition) is 6. The summed E-state index contributed by atoms with van der Waals surface area (Å²) in [5.74, 6) is 1.15. The van der Waals surface area contributed by atoms with Gasteiger partial charge in [0.2, 0.25) is 15.0 Å². The summed E-state index contributed by atoms with van der Waals surface area (Å²) in [5.41, 5.74) is 0.445. The largest absolute Gasteiger partial charge is 0.390 e. The van der Waals surface area contributed by atoms with E-state index in [1.807, 2.05) is 0 Å². The Labute approximate surface area is 165 Å². The van der Waals surface area contributed by atoms with Crippen molar-refractivity contribution in [3.8, 4) is 0 Å². The van der Waals surface area contributed by atoms with Gasteiger partial charge in [-0.2, -0.15) is 0 Å². The fourth-order valence-electron chi connectivity index (χ4n) is 6.17. The van der Waals surface area contributed by atoms with Gasteiger partial charge in [0, 0.05) is 24.4 Å². The number of nitrogens with one attached hydrogen (secondary N) is 1. The summed E-state index contributed by atoms with van der Waals surface area (Å²) < 4.78 is 23.7. The molecule has 2 atom stereocenters. The zero-order valence-electron chi connectivity index (χ0n) is 16.1. The Morgan fingerprint density at radius 1 is 1.21 bits per heavy atom. The highest BCUT2D eigenvalue weighted by molar-refractivity contribution is 7.90. The second-order valence-electron chi connectivity index (χ2n) is 9.55. The lowest BCUT2D eigenvalue weighted by Crippen LogP contribution is -2.61. The minimum Gasteiger partial charge on any atom is -0.390 e. The smallest absolute Gasteiger partial charge is 0.254 e. The van der Waals surface area contributed by atoms with Crippen molar-refractivity contribution in [2.24, 2.45) is 17.8 Å². The highest BCUT2D eigenvalue weighted by atomic mass is 32.2. The van der Waals surface area contributed by atoms with Crippen LogP contribution in [0.3, 0.4) is 0 Å². The van der Waals surface area contributed by atoms with E-state index in [2.05, 4.69) is 15.3 Å². The second-order valence-corrected chi connectivity index (χ2v) is 11.5. The topological polar surface area (TPSA) is 109 Å². The van der Waals surface area contributed by atoms with E-state index in [9.17, 15) is 18.3 Å². The number of nitrogens with zero attached hydrogens (tertiary/aromatic N) is 2. The van der Waals surface area contributed by atoms with Crippen molar-refractivity contribution in [1.29, 1.82) is 0 Å². The van der Waals surface area contributed by atoms with Crippen LogP contribution in [-0.2, 0) is 9.84 Å². The summed E-state index contributed by atoms with van der Waals surface area (Å²) >= 11 is 0. The van der Waals surface area contributed by atoms with Gasteiger partial charge in [0.1, 0.15) is 0 Å². The highest BCUT2D eigenvalue weighted by Gasteiger charge is 2.55. The molecule has 0 aromatic carbocycles. The van der Waals surface area contributed by atoms with Gasteiger partial charge >= 0.3 is 0 Å². The quantitative estimate of drug-likeness (QED) is 0.740. The predicted molar refractivity (Wildman–Crippen MR) is 101 cm³/mol. The molecule has 0 radical (unpaired) electrons. The Bertz CT molecular complexity index is 911. The van der Waals surface area contributed by atoms with Crippen LogP contribution in [0, 0.1) is 17.8 Å². The van der Waals surface area contributed by atoms with Crippen molar-refractivity contribution in [2.45, 2.75) is 74.1 Å². The standard InChI is InChI=1S/C20H27N3O4S/c1-28(26,27)19-21-10-15(17(23-19)12-3-2-4-12)18(24)22-16-13-5-11-6-14(16)9-20(25,7-11)8-13/h10-14,16,25H,2-9H2,1H3,(H,22,24). The highest BCUT2D eigenvalue weighted by Crippen LogP contribution is 2.55. The van der Waals surface area contributed by atoms with Crippen molar-refractivity contribution in [1.82, 2.24) is 15.3 Å². The Morgan fingerprint density at radius 3 is 2.43 bits per heavy atom. The molecule has 1 amide bonds. The van der Waals surface area contributed by atoms with Gasteiger partial charge < -0.3 is 10.4 Å². The van der Waals surface area contributed by atoms with Crippen molar-refractivity contribution in [3.63, 3.8) is 0 Å². The number of sulfone groups is 1. The summed E-state index contributed by atoms with van der Waals surface area (Å²) in [5, 5.41) is 13.8. The van der Waals surface area contributed by atoms with Crippen LogP contribution >= 0.6 is 0 Å². The Morgan fingerprint density at radius 2 is 1.89 bits per heavy atom. The fraction of sp³-hybridized carbons (Fsp3) is 0.750. The number of carbonyl (C=O) groups excluding carboxylic acids is 1. The molecule has 5 aliphatic rings. The Balaban J connectivity index is 1.41. The van der Waals surface area contributed by atoms with Crippen LogP contribution in [0.25, 0.3) is 0 Å². The van der Waals surface area contributed by atoms with Crippen LogP contribution in [-0.4, -0.2) is 47.3 Å². The second kappa shape index (κ2) is 6.23. The maximum absolute atomic E-state index is 13.1. The van der Waals surface area contributed by atoms with Gasteiger partial charge in [-0.05, 0) is 62.7 Å². The summed E-state index contributed by atoms with van der Waals surface area (Å²) in [6, 6.07) is 0.0770. The van der Waals surface area contributed by atoms with E-state index in [0.29, 0.717) is 29.0 Å². The molecular formula is C20H27N3O4S. The van der Waals surface area contributed by atoms with E-state index >= 15 is 0 Å². The zero-order chi connectivity index (χ0) is 19.7. The molecular weight excluding hydrogens is 378 g/mol. The first-order valence-corrected chi connectivity index (χ1v) is 12.2. The Hall–Kier alpha value is -1.54. The molecule has 1 aromatic rings. The molecule has 1 heterocycles. The summed E-state index contributed by atoms with van der Waals surface area (Å²) in [6.07, 6.45) is 9.97. The average Bonchev–Trinajstić information content (AvgIpc) is 2.54. The number of rotatable bonds is 4. The van der Waals surface area contributed by atoms with E-state index in [1.165, 1.54) is 6.20 Å². The maximum atomic E-state index is 13.1. The molecule has 1 aromatic heterocycles. The molecule has 2 unspecified atom stereocenters. The van der Waals surface area contributed by atoms with Gasteiger partial charge in [0.05, 0.1) is 16.9 Å². The average molecular weight is 406 g/mol. The monoisotopic (exact) mass is 405 g/mol. The number of aromatic nitrogens is 2. The van der Waals surface area contributed by atoms with Gasteiger partial charge in [-0.25, -0.2) is 18.4 Å². The third-order valence-corrected chi connectivity index (χ3v) is 8.26. The van der Waals surface area contributed by atoms with Crippen molar-refractivity contribution < 1.29 is 18.3 Å². The molecule has 5 saturated carbocycles. The molecule has 4 bridgehead atoms. The molecule has 7 nitrogen and oxygen atoms in total. The lowest BCUT2D eigenvalue weighted by atomic mass is 9.52. The maximum Gasteiger partial charge on any atom is 0.254 e. The number of carbonyl (C=O) groups is 1. The van der Waals surface area contributed by atoms with Gasteiger partial charge in [-0.15, -0.1) is 0 Å². The van der Waals surface area contributed by atoms with Crippen molar-refractivity contribution >= 4 is 15.7 Å². The first-order chi connectivity index (χ1) is 13.2. The van der Waals surface area contributed by atoms with Gasteiger partial charge in [-0.1, -0.05) is 6.42 Å². The lowest BCUT2D eigenvalue weighted by Gasteiger charge is -2.58. The van der Waals surface area contributed by atoms with E-state index in [-0.39, 0.29) is 23.0 Å².